The molecule has 1 N–H and O–H groups in total. The van der Waals surface area contributed by atoms with E-state index in [1.54, 1.807) is 0 Å². The highest BCUT2D eigenvalue weighted by molar-refractivity contribution is 7.99. The van der Waals surface area contributed by atoms with Crippen LogP contribution in [-0.2, 0) is 4.79 Å². The van der Waals surface area contributed by atoms with Crippen molar-refractivity contribution in [2.24, 2.45) is 5.92 Å². The van der Waals surface area contributed by atoms with Crippen LogP contribution in [0.2, 0.25) is 0 Å². The first kappa shape index (κ1) is 11.1. The molecule has 0 amide bonds. The van der Waals surface area contributed by atoms with Crippen molar-refractivity contribution in [1.82, 2.24) is 5.32 Å². The van der Waals surface area contributed by atoms with Gasteiger partial charge < -0.3 is 5.32 Å². The predicted octanol–water partition coefficient (Wildman–Crippen LogP) is 1.70. The van der Waals surface area contributed by atoms with Gasteiger partial charge in [-0.05, 0) is 5.92 Å². The maximum Gasteiger partial charge on any atom is 0.134 e. The fourth-order valence-corrected chi connectivity index (χ4v) is 2.51. The van der Waals surface area contributed by atoms with E-state index in [1.807, 2.05) is 11.8 Å². The smallest absolute Gasteiger partial charge is 0.134 e. The summed E-state index contributed by atoms with van der Waals surface area (Å²) in [4.78, 5) is 11.5. The van der Waals surface area contributed by atoms with Crippen LogP contribution in [0.4, 0.5) is 0 Å². The molecule has 1 heterocycles. The molecule has 0 aromatic rings. The summed E-state index contributed by atoms with van der Waals surface area (Å²) in [6.45, 7) is 5.26. The van der Waals surface area contributed by atoms with Crippen LogP contribution in [0.5, 0.6) is 0 Å². The third-order valence-electron chi connectivity index (χ3n) is 2.11. The normalized spacial score (nSPS) is 23.5. The van der Waals surface area contributed by atoms with Gasteiger partial charge in [-0.15, -0.1) is 0 Å². The molecule has 1 aliphatic rings. The highest BCUT2D eigenvalue weighted by atomic mass is 32.2. The second kappa shape index (κ2) is 5.66. The number of hydrogen-bond donors (Lipinski definition) is 1. The zero-order chi connectivity index (χ0) is 9.68. The molecule has 1 aliphatic heterocycles. The first-order valence-corrected chi connectivity index (χ1v) is 6.16. The van der Waals surface area contributed by atoms with Crippen LogP contribution in [0.15, 0.2) is 0 Å². The molecule has 0 spiro atoms. The Bertz CT molecular complexity index is 164. The Morgan fingerprint density at radius 3 is 2.92 bits per heavy atom. The van der Waals surface area contributed by atoms with Crippen LogP contribution < -0.4 is 5.32 Å². The molecule has 0 aromatic carbocycles. The number of rotatable bonds is 4. The summed E-state index contributed by atoms with van der Waals surface area (Å²) in [6.07, 6.45) is 1.47. The predicted molar refractivity (Wildman–Crippen MR) is 58.2 cm³/mol. The van der Waals surface area contributed by atoms with Crippen LogP contribution in [0.3, 0.4) is 0 Å². The molecule has 0 bridgehead atoms. The molecule has 0 radical (unpaired) electrons. The zero-order valence-electron chi connectivity index (χ0n) is 8.51. The quantitative estimate of drug-likeness (QED) is 0.750. The lowest BCUT2D eigenvalue weighted by atomic mass is 10.0. The molecular weight excluding hydrogens is 182 g/mol. The van der Waals surface area contributed by atoms with Gasteiger partial charge in [-0.1, -0.05) is 13.8 Å². The average Bonchev–Trinajstić information content (AvgIpc) is 2.04. The molecule has 1 saturated heterocycles. The fourth-order valence-electron chi connectivity index (χ4n) is 1.56. The Hall–Kier alpha value is -0.0200. The minimum Gasteiger partial charge on any atom is -0.312 e. The van der Waals surface area contributed by atoms with Gasteiger partial charge in [0.2, 0.25) is 0 Å². The summed E-state index contributed by atoms with van der Waals surface area (Å²) < 4.78 is 0. The van der Waals surface area contributed by atoms with Gasteiger partial charge in [-0.3, -0.25) is 4.79 Å². The lowest BCUT2D eigenvalue weighted by Gasteiger charge is -2.22. The Balaban J connectivity index is 2.18. The molecule has 0 saturated carbocycles. The van der Waals surface area contributed by atoms with Gasteiger partial charge in [0.05, 0.1) is 0 Å². The lowest BCUT2D eigenvalue weighted by Crippen LogP contribution is -2.39. The van der Waals surface area contributed by atoms with E-state index in [4.69, 9.17) is 0 Å². The number of ketones is 1. The highest BCUT2D eigenvalue weighted by Gasteiger charge is 2.16. The van der Waals surface area contributed by atoms with Crippen LogP contribution in [0, 0.1) is 5.92 Å². The van der Waals surface area contributed by atoms with E-state index in [1.165, 1.54) is 5.75 Å². The molecule has 0 aliphatic carbocycles. The molecule has 13 heavy (non-hydrogen) atoms. The van der Waals surface area contributed by atoms with Crippen molar-refractivity contribution in [1.29, 1.82) is 0 Å². The van der Waals surface area contributed by atoms with Crippen molar-refractivity contribution < 1.29 is 4.79 Å². The van der Waals surface area contributed by atoms with E-state index in [0.717, 1.165) is 25.1 Å². The second-order valence-corrected chi connectivity index (χ2v) is 5.22. The molecule has 76 valence electrons. The minimum atomic E-state index is 0.412. The zero-order valence-corrected chi connectivity index (χ0v) is 9.32. The molecular formula is C10H19NOS. The number of thioether (sulfide) groups is 1. The van der Waals surface area contributed by atoms with Crippen molar-refractivity contribution in [3.05, 3.63) is 0 Å². The standard InChI is InChI=1S/C10H19NOS/c1-8(2)5-10(12)6-9-7-13-4-3-11-9/h8-9,11H,3-7H2,1-2H3. The van der Waals surface area contributed by atoms with Crippen molar-refractivity contribution in [3.63, 3.8) is 0 Å². The Labute approximate surface area is 84.9 Å². The highest BCUT2D eigenvalue weighted by Crippen LogP contribution is 2.12. The van der Waals surface area contributed by atoms with Gasteiger partial charge in [0.1, 0.15) is 5.78 Å². The molecule has 2 nitrogen and oxygen atoms in total. The average molecular weight is 201 g/mol. The van der Waals surface area contributed by atoms with Gasteiger partial charge in [0, 0.05) is 36.9 Å². The topological polar surface area (TPSA) is 29.1 Å². The molecule has 1 atom stereocenters. The van der Waals surface area contributed by atoms with Gasteiger partial charge >= 0.3 is 0 Å². The Morgan fingerprint density at radius 2 is 2.38 bits per heavy atom. The van der Waals surface area contributed by atoms with Crippen LogP contribution in [0.1, 0.15) is 26.7 Å². The summed E-state index contributed by atoms with van der Waals surface area (Å²) in [7, 11) is 0. The fraction of sp³-hybridized carbons (Fsp3) is 0.900. The lowest BCUT2D eigenvalue weighted by molar-refractivity contribution is -0.120. The maximum absolute atomic E-state index is 11.5. The van der Waals surface area contributed by atoms with E-state index in [9.17, 15) is 4.79 Å². The van der Waals surface area contributed by atoms with E-state index in [0.29, 0.717) is 17.7 Å². The van der Waals surface area contributed by atoms with Crippen molar-refractivity contribution in [2.45, 2.75) is 32.7 Å². The van der Waals surface area contributed by atoms with E-state index in [-0.39, 0.29) is 0 Å². The van der Waals surface area contributed by atoms with Crippen molar-refractivity contribution in [3.8, 4) is 0 Å². The Kier molecular flexibility index (Phi) is 4.81. The monoisotopic (exact) mass is 201 g/mol. The summed E-state index contributed by atoms with van der Waals surface area (Å²) in [5.74, 6) is 3.21. The third-order valence-corrected chi connectivity index (χ3v) is 3.24. The molecule has 1 rings (SSSR count). The SMILES string of the molecule is CC(C)CC(=O)CC1CSCCN1. The van der Waals surface area contributed by atoms with Crippen LogP contribution >= 0.6 is 11.8 Å². The summed E-state index contributed by atoms with van der Waals surface area (Å²) in [5, 5.41) is 3.38. The van der Waals surface area contributed by atoms with Gasteiger partial charge in [0.15, 0.2) is 0 Å². The minimum absolute atomic E-state index is 0.412. The number of carbonyl (C=O) groups excluding carboxylic acids is 1. The molecule has 1 unspecified atom stereocenters. The van der Waals surface area contributed by atoms with Gasteiger partial charge in [-0.25, -0.2) is 0 Å². The maximum atomic E-state index is 11.5. The summed E-state index contributed by atoms with van der Waals surface area (Å²) in [5.41, 5.74) is 0. The first-order valence-electron chi connectivity index (χ1n) is 5.01. The van der Waals surface area contributed by atoms with Gasteiger partial charge in [-0.2, -0.15) is 11.8 Å². The number of carbonyl (C=O) groups is 1. The van der Waals surface area contributed by atoms with Crippen molar-refractivity contribution >= 4 is 17.5 Å². The third kappa shape index (κ3) is 4.67. The summed E-state index contributed by atoms with van der Waals surface area (Å²) in [6, 6.07) is 0.435. The molecule has 3 heteroatoms. The molecule has 0 aromatic heterocycles. The largest absolute Gasteiger partial charge is 0.312 e. The van der Waals surface area contributed by atoms with Crippen LogP contribution in [-0.4, -0.2) is 29.9 Å². The number of hydrogen-bond acceptors (Lipinski definition) is 3. The second-order valence-electron chi connectivity index (χ2n) is 4.07. The Morgan fingerprint density at radius 1 is 1.62 bits per heavy atom. The first-order chi connectivity index (χ1) is 6.18. The number of nitrogens with one attached hydrogen (secondary N) is 1. The summed E-state index contributed by atoms with van der Waals surface area (Å²) >= 11 is 1.95. The van der Waals surface area contributed by atoms with Crippen molar-refractivity contribution in [2.75, 3.05) is 18.1 Å². The van der Waals surface area contributed by atoms with E-state index < -0.39 is 0 Å². The van der Waals surface area contributed by atoms with Gasteiger partial charge in [0.25, 0.3) is 0 Å². The number of Topliss-reactive ketones (excluding diaryl/α,β-unsaturated/α-hetero) is 1. The van der Waals surface area contributed by atoms with E-state index in [2.05, 4.69) is 19.2 Å². The van der Waals surface area contributed by atoms with Crippen LogP contribution in [0.25, 0.3) is 0 Å². The molecule has 1 fully saturated rings. The van der Waals surface area contributed by atoms with E-state index >= 15 is 0 Å².